The minimum absolute atomic E-state index is 0.341. The molecule has 2 fully saturated rings. The second kappa shape index (κ2) is 4.39. The van der Waals surface area contributed by atoms with Crippen LogP contribution in [0.1, 0.15) is 38.5 Å². The Labute approximate surface area is 91.1 Å². The second-order valence-corrected chi connectivity index (χ2v) is 5.10. The van der Waals surface area contributed by atoms with E-state index in [9.17, 15) is 0 Å². The van der Waals surface area contributed by atoms with Gasteiger partial charge in [0.25, 0.3) is 0 Å². The van der Waals surface area contributed by atoms with Crippen molar-refractivity contribution >= 4 is 5.84 Å². The van der Waals surface area contributed by atoms with Crippen molar-refractivity contribution in [3.8, 4) is 0 Å². The fraction of sp³-hybridized carbons (Fsp3) is 0.909. The van der Waals surface area contributed by atoms with Gasteiger partial charge in [0.2, 0.25) is 0 Å². The van der Waals surface area contributed by atoms with Crippen LogP contribution in [0.4, 0.5) is 0 Å². The van der Waals surface area contributed by atoms with Crippen molar-refractivity contribution in [3.63, 3.8) is 0 Å². The molecule has 4 heteroatoms. The van der Waals surface area contributed by atoms with E-state index in [2.05, 4.69) is 10.1 Å². The van der Waals surface area contributed by atoms with E-state index in [1.165, 1.54) is 45.2 Å². The number of nitrogens with two attached hydrogens (primary N) is 1. The summed E-state index contributed by atoms with van der Waals surface area (Å²) in [5.41, 5.74) is 5.93. The van der Waals surface area contributed by atoms with Gasteiger partial charge in [-0.05, 0) is 44.2 Å². The molecule has 0 radical (unpaired) electrons. The lowest BCUT2D eigenvalue weighted by Gasteiger charge is -2.30. The highest BCUT2D eigenvalue weighted by atomic mass is 16.4. The lowest BCUT2D eigenvalue weighted by atomic mass is 9.99. The molecule has 1 aliphatic carbocycles. The Morgan fingerprint density at radius 2 is 1.93 bits per heavy atom. The summed E-state index contributed by atoms with van der Waals surface area (Å²) in [6.45, 7) is 3.61. The third-order valence-corrected chi connectivity index (χ3v) is 3.65. The Hall–Kier alpha value is -0.770. The molecule has 1 saturated heterocycles. The Kier molecular flexibility index (Phi) is 3.14. The molecule has 3 N–H and O–H groups in total. The van der Waals surface area contributed by atoms with Gasteiger partial charge >= 0.3 is 0 Å². The van der Waals surface area contributed by atoms with Gasteiger partial charge in [-0.3, -0.25) is 0 Å². The summed E-state index contributed by atoms with van der Waals surface area (Å²) < 4.78 is 0. The first-order valence-electron chi connectivity index (χ1n) is 5.93. The van der Waals surface area contributed by atoms with Gasteiger partial charge in [0, 0.05) is 13.0 Å². The highest BCUT2D eigenvalue weighted by Crippen LogP contribution is 2.49. The Morgan fingerprint density at radius 1 is 1.27 bits per heavy atom. The topological polar surface area (TPSA) is 61.8 Å². The summed E-state index contributed by atoms with van der Waals surface area (Å²) in [5.74, 6) is 0.393. The molecule has 86 valence electrons. The maximum atomic E-state index is 8.58. The van der Waals surface area contributed by atoms with Crippen LogP contribution in [0, 0.1) is 5.41 Å². The maximum Gasteiger partial charge on any atom is 0.139 e. The van der Waals surface area contributed by atoms with Gasteiger partial charge in [0.15, 0.2) is 0 Å². The highest BCUT2D eigenvalue weighted by molar-refractivity contribution is 5.80. The van der Waals surface area contributed by atoms with Crippen LogP contribution >= 0.6 is 0 Å². The van der Waals surface area contributed by atoms with E-state index in [4.69, 9.17) is 10.9 Å². The van der Waals surface area contributed by atoms with Crippen LogP contribution in [0.2, 0.25) is 0 Å². The van der Waals surface area contributed by atoms with Crippen LogP contribution in [0.5, 0.6) is 0 Å². The van der Waals surface area contributed by atoms with Crippen molar-refractivity contribution in [3.05, 3.63) is 0 Å². The van der Waals surface area contributed by atoms with Crippen LogP contribution in [-0.4, -0.2) is 35.6 Å². The number of oxime groups is 1. The lowest BCUT2D eigenvalue weighted by Crippen LogP contribution is -2.36. The van der Waals surface area contributed by atoms with Crippen LogP contribution in [-0.2, 0) is 0 Å². The van der Waals surface area contributed by atoms with E-state index in [1.54, 1.807) is 0 Å². The minimum atomic E-state index is 0.341. The Morgan fingerprint density at radius 3 is 2.47 bits per heavy atom. The molecule has 4 nitrogen and oxygen atoms in total. The zero-order valence-electron chi connectivity index (χ0n) is 9.28. The lowest BCUT2D eigenvalue weighted by molar-refractivity contribution is 0.187. The highest BCUT2D eigenvalue weighted by Gasteiger charge is 2.44. The molecule has 0 aromatic carbocycles. The van der Waals surface area contributed by atoms with Crippen molar-refractivity contribution in [1.82, 2.24) is 4.90 Å². The fourth-order valence-electron chi connectivity index (χ4n) is 2.58. The van der Waals surface area contributed by atoms with Gasteiger partial charge in [-0.1, -0.05) is 11.6 Å². The largest absolute Gasteiger partial charge is 0.409 e. The van der Waals surface area contributed by atoms with Gasteiger partial charge in [0.05, 0.1) is 0 Å². The van der Waals surface area contributed by atoms with E-state index in [-0.39, 0.29) is 0 Å². The molecule has 1 aliphatic heterocycles. The number of hydrogen-bond donors (Lipinski definition) is 2. The van der Waals surface area contributed by atoms with Crippen LogP contribution < -0.4 is 5.73 Å². The molecule has 15 heavy (non-hydrogen) atoms. The Balaban J connectivity index is 1.82. The first-order valence-corrected chi connectivity index (χ1v) is 5.93. The van der Waals surface area contributed by atoms with E-state index in [0.29, 0.717) is 11.3 Å². The zero-order valence-corrected chi connectivity index (χ0v) is 9.28. The molecule has 2 rings (SSSR count). The molecule has 0 aromatic heterocycles. The third-order valence-electron chi connectivity index (χ3n) is 3.65. The first-order chi connectivity index (χ1) is 7.24. The van der Waals surface area contributed by atoms with Crippen molar-refractivity contribution in [2.45, 2.75) is 38.5 Å². The predicted molar refractivity (Wildman–Crippen MR) is 60.0 cm³/mol. The van der Waals surface area contributed by atoms with E-state index in [0.717, 1.165) is 13.0 Å². The summed E-state index contributed by atoms with van der Waals surface area (Å²) in [5, 5.41) is 11.7. The molecule has 0 aromatic rings. The summed E-state index contributed by atoms with van der Waals surface area (Å²) in [6.07, 6.45) is 7.28. The van der Waals surface area contributed by atoms with Gasteiger partial charge in [-0.25, -0.2) is 0 Å². The van der Waals surface area contributed by atoms with Crippen molar-refractivity contribution in [2.24, 2.45) is 16.3 Å². The quantitative estimate of drug-likeness (QED) is 0.320. The van der Waals surface area contributed by atoms with Gasteiger partial charge in [-0.2, -0.15) is 0 Å². The first kappa shape index (κ1) is 10.7. The molecule has 1 saturated carbocycles. The molecular weight excluding hydrogens is 190 g/mol. The molecule has 0 bridgehead atoms. The van der Waals surface area contributed by atoms with Crippen molar-refractivity contribution in [2.75, 3.05) is 19.6 Å². The molecule has 1 heterocycles. The maximum absolute atomic E-state index is 8.58. The zero-order chi connectivity index (χ0) is 10.7. The van der Waals surface area contributed by atoms with Gasteiger partial charge < -0.3 is 15.8 Å². The third kappa shape index (κ3) is 2.84. The molecular formula is C11H21N3O. The average molecular weight is 211 g/mol. The van der Waals surface area contributed by atoms with Crippen molar-refractivity contribution < 1.29 is 5.21 Å². The van der Waals surface area contributed by atoms with Crippen LogP contribution in [0.15, 0.2) is 5.16 Å². The normalized spacial score (nSPS) is 26.5. The number of likely N-dealkylation sites (tertiary alicyclic amines) is 1. The molecule has 0 spiro atoms. The number of amidine groups is 1. The predicted octanol–water partition coefficient (Wildman–Crippen LogP) is 1.39. The fourth-order valence-corrected chi connectivity index (χ4v) is 2.58. The number of rotatable bonds is 4. The number of nitrogens with zero attached hydrogens (tertiary/aromatic N) is 2. The van der Waals surface area contributed by atoms with E-state index in [1.807, 2.05) is 0 Å². The smallest absolute Gasteiger partial charge is 0.139 e. The van der Waals surface area contributed by atoms with Crippen LogP contribution in [0.3, 0.4) is 0 Å². The number of piperidine rings is 1. The molecule has 0 atom stereocenters. The summed E-state index contributed by atoms with van der Waals surface area (Å²) >= 11 is 0. The standard InChI is InChI=1S/C11H21N3O/c12-10(13-15)8-11(4-5-11)9-14-6-2-1-3-7-14/h15H,1-9H2,(H2,12,13). The summed E-state index contributed by atoms with van der Waals surface area (Å²) in [6, 6.07) is 0. The minimum Gasteiger partial charge on any atom is -0.409 e. The molecule has 0 amide bonds. The van der Waals surface area contributed by atoms with Crippen LogP contribution in [0.25, 0.3) is 0 Å². The van der Waals surface area contributed by atoms with E-state index < -0.39 is 0 Å². The van der Waals surface area contributed by atoms with Crippen molar-refractivity contribution in [1.29, 1.82) is 0 Å². The number of hydrogen-bond acceptors (Lipinski definition) is 3. The Bertz CT molecular complexity index is 242. The second-order valence-electron chi connectivity index (χ2n) is 5.10. The van der Waals surface area contributed by atoms with E-state index >= 15 is 0 Å². The van der Waals surface area contributed by atoms with Gasteiger partial charge in [0.1, 0.15) is 5.84 Å². The monoisotopic (exact) mass is 211 g/mol. The summed E-state index contributed by atoms with van der Waals surface area (Å²) in [7, 11) is 0. The summed E-state index contributed by atoms with van der Waals surface area (Å²) in [4.78, 5) is 2.54. The molecule has 2 aliphatic rings. The average Bonchev–Trinajstić information content (AvgIpc) is 2.99. The van der Waals surface area contributed by atoms with Gasteiger partial charge in [-0.15, -0.1) is 0 Å². The SMILES string of the molecule is NC(CC1(CN2CCCCC2)CC1)=NO. The molecule has 0 unspecified atom stereocenters.